The Kier molecular flexibility index (Phi) is 7.96. The van der Waals surface area contributed by atoms with Crippen LogP contribution < -0.4 is 10.2 Å². The number of carbonyl (C=O) groups is 1. The molecule has 168 valence electrons. The second kappa shape index (κ2) is 10.5. The number of anilines is 2. The summed E-state index contributed by atoms with van der Waals surface area (Å²) in [6.07, 6.45) is 3.81. The van der Waals surface area contributed by atoms with Gasteiger partial charge in [0, 0.05) is 43.8 Å². The maximum atomic E-state index is 12.5. The molecule has 1 amide bonds. The Morgan fingerprint density at radius 3 is 2.45 bits per heavy atom. The van der Waals surface area contributed by atoms with Gasteiger partial charge in [-0.2, -0.15) is 4.31 Å². The summed E-state index contributed by atoms with van der Waals surface area (Å²) in [4.78, 5) is 19.2. The maximum absolute atomic E-state index is 12.5. The molecule has 0 atom stereocenters. The van der Waals surface area contributed by atoms with Gasteiger partial charge in [-0.05, 0) is 55.7 Å². The predicted octanol–water partition coefficient (Wildman–Crippen LogP) is 3.75. The number of benzene rings is 1. The van der Waals surface area contributed by atoms with Crippen LogP contribution in [0.4, 0.5) is 11.4 Å². The molecule has 0 spiro atoms. The van der Waals surface area contributed by atoms with Crippen LogP contribution in [-0.4, -0.2) is 55.5 Å². The van der Waals surface area contributed by atoms with Crippen LogP contribution in [-0.2, 0) is 14.8 Å². The van der Waals surface area contributed by atoms with Crippen molar-refractivity contribution in [1.82, 2.24) is 9.29 Å². The Balaban J connectivity index is 1.56. The fraction of sp³-hybridized carbons (Fsp3) is 0.455. The molecule has 0 bridgehead atoms. The van der Waals surface area contributed by atoms with Gasteiger partial charge in [-0.3, -0.25) is 4.79 Å². The van der Waals surface area contributed by atoms with Gasteiger partial charge >= 0.3 is 0 Å². The van der Waals surface area contributed by atoms with Crippen LogP contribution in [0, 0.1) is 6.92 Å². The average Bonchev–Trinajstić information content (AvgIpc) is 3.30. The number of rotatable bonds is 9. The molecule has 1 aliphatic rings. The Bertz CT molecular complexity index is 1000. The van der Waals surface area contributed by atoms with Gasteiger partial charge < -0.3 is 10.2 Å². The Labute approximate surface area is 189 Å². The molecule has 0 unspecified atom stereocenters. The van der Waals surface area contributed by atoms with Gasteiger partial charge in [-0.15, -0.1) is 0 Å². The van der Waals surface area contributed by atoms with Crippen LogP contribution >= 0.6 is 11.8 Å². The summed E-state index contributed by atoms with van der Waals surface area (Å²) in [7, 11) is -3.53. The molecule has 9 heteroatoms. The molecule has 7 nitrogen and oxygen atoms in total. The number of amides is 1. The van der Waals surface area contributed by atoms with Crippen molar-refractivity contribution < 1.29 is 13.2 Å². The quantitative estimate of drug-likeness (QED) is 0.572. The van der Waals surface area contributed by atoms with E-state index < -0.39 is 10.0 Å². The zero-order chi connectivity index (χ0) is 22.4. The second-order valence-corrected chi connectivity index (χ2v) is 10.4. The molecule has 0 aliphatic carbocycles. The first kappa shape index (κ1) is 23.6. The molecule has 0 saturated carbocycles. The normalized spacial score (nSPS) is 14.3. The Hall–Kier alpha value is -2.10. The van der Waals surface area contributed by atoms with Crippen molar-refractivity contribution in [3.8, 4) is 0 Å². The van der Waals surface area contributed by atoms with E-state index >= 15 is 0 Å². The van der Waals surface area contributed by atoms with E-state index in [4.69, 9.17) is 0 Å². The number of nitrogens with one attached hydrogen (secondary N) is 1. The minimum Gasteiger partial charge on any atom is -0.372 e. The van der Waals surface area contributed by atoms with Gasteiger partial charge in [-0.25, -0.2) is 13.4 Å². The highest BCUT2D eigenvalue weighted by Gasteiger charge is 2.22. The molecule has 1 aromatic heterocycles. The largest absolute Gasteiger partial charge is 0.372 e. The topological polar surface area (TPSA) is 82.6 Å². The van der Waals surface area contributed by atoms with Crippen molar-refractivity contribution in [2.24, 2.45) is 0 Å². The van der Waals surface area contributed by atoms with Crippen molar-refractivity contribution in [2.75, 3.05) is 42.1 Å². The number of nitrogens with zero attached hydrogens (tertiary/aromatic N) is 3. The van der Waals surface area contributed by atoms with Gasteiger partial charge in [0.15, 0.2) is 0 Å². The molecule has 3 rings (SSSR count). The summed E-state index contributed by atoms with van der Waals surface area (Å²) < 4.78 is 26.4. The molecule has 1 fully saturated rings. The minimum absolute atomic E-state index is 0.122. The van der Waals surface area contributed by atoms with Crippen molar-refractivity contribution in [3.05, 3.63) is 42.1 Å². The molecule has 0 radical (unpaired) electrons. The molecule has 1 aromatic carbocycles. The fourth-order valence-electron chi connectivity index (χ4n) is 3.60. The van der Waals surface area contributed by atoms with E-state index in [0.717, 1.165) is 24.3 Å². The van der Waals surface area contributed by atoms with E-state index in [2.05, 4.69) is 27.3 Å². The van der Waals surface area contributed by atoms with Gasteiger partial charge in [0.25, 0.3) is 0 Å². The molecule has 1 N–H and O–H groups in total. The SMILES string of the molecule is CCN(CC)S(=O)(=O)c1ccc(SCC(=O)Nc2ccc(N3CCCC3)cc2C)nc1. The van der Waals surface area contributed by atoms with Crippen molar-refractivity contribution in [3.63, 3.8) is 0 Å². The first-order chi connectivity index (χ1) is 14.8. The van der Waals surface area contributed by atoms with Gasteiger partial charge in [0.2, 0.25) is 15.9 Å². The van der Waals surface area contributed by atoms with Gasteiger partial charge in [0.05, 0.1) is 10.8 Å². The molecule has 1 aliphatic heterocycles. The number of sulfonamides is 1. The highest BCUT2D eigenvalue weighted by molar-refractivity contribution is 7.99. The third-order valence-electron chi connectivity index (χ3n) is 5.36. The first-order valence-corrected chi connectivity index (χ1v) is 13.0. The lowest BCUT2D eigenvalue weighted by atomic mass is 10.1. The third-order valence-corrected chi connectivity index (χ3v) is 8.34. The van der Waals surface area contributed by atoms with Crippen molar-refractivity contribution in [2.45, 2.75) is 43.5 Å². The van der Waals surface area contributed by atoms with E-state index in [1.54, 1.807) is 26.0 Å². The lowest BCUT2D eigenvalue weighted by Gasteiger charge is -2.19. The summed E-state index contributed by atoms with van der Waals surface area (Å²) in [6.45, 7) is 8.60. The zero-order valence-corrected chi connectivity index (χ0v) is 19.9. The third kappa shape index (κ3) is 5.78. The summed E-state index contributed by atoms with van der Waals surface area (Å²) in [5.41, 5.74) is 3.04. The highest BCUT2D eigenvalue weighted by atomic mass is 32.2. The second-order valence-electron chi connectivity index (χ2n) is 7.45. The van der Waals surface area contributed by atoms with E-state index in [1.807, 2.05) is 13.0 Å². The number of thioether (sulfide) groups is 1. The lowest BCUT2D eigenvalue weighted by Crippen LogP contribution is -2.30. The standard InChI is InChI=1S/C22H30N4O3S2/c1-4-26(5-2)31(28,29)19-9-11-22(23-15-19)30-16-21(27)24-20-10-8-18(14-17(20)3)25-12-6-7-13-25/h8-11,14-15H,4-7,12-13,16H2,1-3H3,(H,24,27). The van der Waals surface area contributed by atoms with Gasteiger partial charge in [-0.1, -0.05) is 25.6 Å². The Morgan fingerprint density at radius 2 is 1.87 bits per heavy atom. The van der Waals surface area contributed by atoms with E-state index in [9.17, 15) is 13.2 Å². The van der Waals surface area contributed by atoms with Crippen LogP contribution in [0.1, 0.15) is 32.3 Å². The van der Waals surface area contributed by atoms with Crippen molar-refractivity contribution >= 4 is 39.1 Å². The number of carbonyl (C=O) groups excluding carboxylic acids is 1. The first-order valence-electron chi connectivity index (χ1n) is 10.6. The number of aromatic nitrogens is 1. The van der Waals surface area contributed by atoms with E-state index in [-0.39, 0.29) is 16.6 Å². The molecule has 2 heterocycles. The molecule has 1 saturated heterocycles. The van der Waals surface area contributed by atoms with Crippen LogP contribution in [0.15, 0.2) is 46.5 Å². The molecule has 2 aromatic rings. The summed E-state index contributed by atoms with van der Waals surface area (Å²) in [5.74, 6) is 0.0753. The minimum atomic E-state index is -3.53. The van der Waals surface area contributed by atoms with Crippen LogP contribution in [0.25, 0.3) is 0 Å². The molecular formula is C22H30N4O3S2. The summed E-state index contributed by atoms with van der Waals surface area (Å²) >= 11 is 1.28. The predicted molar refractivity (Wildman–Crippen MR) is 126 cm³/mol. The Morgan fingerprint density at radius 1 is 1.16 bits per heavy atom. The van der Waals surface area contributed by atoms with Gasteiger partial charge in [0.1, 0.15) is 4.90 Å². The number of pyridine rings is 1. The average molecular weight is 463 g/mol. The van der Waals surface area contributed by atoms with Crippen LogP contribution in [0.3, 0.4) is 0 Å². The van der Waals surface area contributed by atoms with Crippen LogP contribution in [0.5, 0.6) is 0 Å². The summed E-state index contributed by atoms with van der Waals surface area (Å²) in [6, 6.07) is 9.31. The monoisotopic (exact) mass is 462 g/mol. The maximum Gasteiger partial charge on any atom is 0.244 e. The van der Waals surface area contributed by atoms with Crippen LogP contribution in [0.2, 0.25) is 0 Å². The smallest absolute Gasteiger partial charge is 0.244 e. The number of aryl methyl sites for hydroxylation is 1. The van der Waals surface area contributed by atoms with Crippen molar-refractivity contribution in [1.29, 1.82) is 0 Å². The molecule has 31 heavy (non-hydrogen) atoms. The highest BCUT2D eigenvalue weighted by Crippen LogP contribution is 2.26. The number of hydrogen-bond acceptors (Lipinski definition) is 6. The zero-order valence-electron chi connectivity index (χ0n) is 18.3. The number of hydrogen-bond donors (Lipinski definition) is 1. The van der Waals surface area contributed by atoms with E-state index in [1.165, 1.54) is 40.8 Å². The molecular weight excluding hydrogens is 432 g/mol. The lowest BCUT2D eigenvalue weighted by molar-refractivity contribution is -0.113. The fourth-order valence-corrected chi connectivity index (χ4v) is 5.65. The van der Waals surface area contributed by atoms with E-state index in [0.29, 0.717) is 18.1 Å². The summed E-state index contributed by atoms with van der Waals surface area (Å²) in [5, 5.41) is 3.56.